The Morgan fingerprint density at radius 2 is 2.00 bits per heavy atom. The molecule has 0 saturated carbocycles. The van der Waals surface area contributed by atoms with Crippen molar-refractivity contribution in [3.05, 3.63) is 0 Å². The molecule has 0 aromatic heterocycles. The first kappa shape index (κ1) is 10.2. The van der Waals surface area contributed by atoms with Gasteiger partial charge in [0.2, 0.25) is 0 Å². The highest BCUT2D eigenvalue weighted by atomic mass is 35.5. The van der Waals surface area contributed by atoms with Crippen molar-refractivity contribution in [3.63, 3.8) is 0 Å². The van der Waals surface area contributed by atoms with E-state index in [1.807, 2.05) is 4.90 Å². The summed E-state index contributed by atoms with van der Waals surface area (Å²) in [4.78, 5) is 4.22. The van der Waals surface area contributed by atoms with E-state index < -0.39 is 0 Å². The summed E-state index contributed by atoms with van der Waals surface area (Å²) in [5, 5.41) is 9.07. The fraction of sp³-hybridized carbons (Fsp3) is 1.00. The van der Waals surface area contributed by atoms with Crippen LogP contribution in [-0.4, -0.2) is 47.9 Å². The predicted molar refractivity (Wildman–Crippen MR) is 43.1 cm³/mol. The lowest BCUT2D eigenvalue weighted by molar-refractivity contribution is 0.0271. The van der Waals surface area contributed by atoms with E-state index in [1.165, 1.54) is 0 Å². The summed E-state index contributed by atoms with van der Waals surface area (Å²) in [5.74, 6) is 0. The molecule has 0 aromatic carbocycles. The fourth-order valence-electron chi connectivity index (χ4n) is 1.06. The van der Waals surface area contributed by atoms with Crippen LogP contribution in [0.4, 0.5) is 0 Å². The number of aliphatic hydroxyl groups is 1. The number of halogens is 1. The van der Waals surface area contributed by atoms with Gasteiger partial charge in [0, 0.05) is 13.1 Å². The quantitative estimate of drug-likeness (QED) is 0.592. The highest BCUT2D eigenvalue weighted by Gasteiger charge is 2.18. The first-order chi connectivity index (χ1) is 4.20. The molecule has 0 aromatic rings. The molecular weight excluding hydrogens is 152 g/mol. The van der Waals surface area contributed by atoms with Crippen molar-refractivity contribution in [2.45, 2.75) is 13.2 Å². The van der Waals surface area contributed by atoms with Gasteiger partial charge in [-0.1, -0.05) is 0 Å². The highest BCUT2D eigenvalue weighted by Crippen LogP contribution is 2.03. The Balaban J connectivity index is 0.000000810. The summed E-state index contributed by atoms with van der Waals surface area (Å²) in [7, 11) is 2.06. The second-order valence-electron chi connectivity index (χ2n) is 2.67. The van der Waals surface area contributed by atoms with Crippen LogP contribution in [0.1, 0.15) is 6.92 Å². The van der Waals surface area contributed by atoms with Gasteiger partial charge in [-0.15, -0.1) is 12.4 Å². The van der Waals surface area contributed by atoms with Gasteiger partial charge in [-0.25, -0.2) is 0 Å². The van der Waals surface area contributed by atoms with Crippen molar-refractivity contribution in [1.29, 1.82) is 0 Å². The molecule has 1 unspecified atom stereocenters. The summed E-state index contributed by atoms with van der Waals surface area (Å²) in [5.41, 5.74) is 0. The van der Waals surface area contributed by atoms with Crippen molar-refractivity contribution in [2.75, 3.05) is 26.8 Å². The molecule has 4 heteroatoms. The van der Waals surface area contributed by atoms with Crippen LogP contribution >= 0.6 is 12.4 Å². The number of aliphatic hydroxyl groups excluding tert-OH is 1. The molecule has 1 heterocycles. The molecule has 1 aliphatic heterocycles. The maximum atomic E-state index is 9.07. The molecular formula is C6H15ClN2O. The zero-order valence-electron chi connectivity index (χ0n) is 6.45. The number of hydrogen-bond acceptors (Lipinski definition) is 3. The Bertz CT molecular complexity index is 99.7. The largest absolute Gasteiger partial charge is 0.379 e. The average Bonchev–Trinajstić information content (AvgIpc) is 2.14. The van der Waals surface area contributed by atoms with Gasteiger partial charge in [-0.2, -0.15) is 0 Å². The van der Waals surface area contributed by atoms with E-state index in [9.17, 15) is 0 Å². The van der Waals surface area contributed by atoms with Gasteiger partial charge in [0.1, 0.15) is 6.23 Å². The normalized spacial score (nSPS) is 24.3. The van der Waals surface area contributed by atoms with Gasteiger partial charge in [-0.05, 0) is 14.0 Å². The third kappa shape index (κ3) is 2.42. The van der Waals surface area contributed by atoms with Gasteiger partial charge in [-0.3, -0.25) is 9.80 Å². The lowest BCUT2D eigenvalue weighted by Crippen LogP contribution is -2.31. The lowest BCUT2D eigenvalue weighted by atomic mass is 10.5. The van der Waals surface area contributed by atoms with Gasteiger partial charge in [0.15, 0.2) is 0 Å². The first-order valence-electron chi connectivity index (χ1n) is 3.31. The van der Waals surface area contributed by atoms with Crippen LogP contribution < -0.4 is 0 Å². The zero-order chi connectivity index (χ0) is 6.85. The lowest BCUT2D eigenvalue weighted by Gasteiger charge is -2.17. The van der Waals surface area contributed by atoms with Crippen LogP contribution in [-0.2, 0) is 0 Å². The van der Waals surface area contributed by atoms with Gasteiger partial charge in [0.05, 0.1) is 6.67 Å². The SMILES string of the molecule is CC(O)N1CCN(C)C1.Cl. The molecule has 1 rings (SSSR count). The molecule has 0 bridgehead atoms. The van der Waals surface area contributed by atoms with Crippen molar-refractivity contribution < 1.29 is 5.11 Å². The highest BCUT2D eigenvalue weighted by molar-refractivity contribution is 5.85. The summed E-state index contributed by atoms with van der Waals surface area (Å²) in [6.07, 6.45) is -0.282. The van der Waals surface area contributed by atoms with E-state index in [1.54, 1.807) is 6.92 Å². The number of likely N-dealkylation sites (N-methyl/N-ethyl adjacent to an activating group) is 1. The Hall–Kier alpha value is 0.170. The van der Waals surface area contributed by atoms with Gasteiger partial charge in [0.25, 0.3) is 0 Å². The minimum Gasteiger partial charge on any atom is -0.379 e. The topological polar surface area (TPSA) is 26.7 Å². The van der Waals surface area contributed by atoms with Crippen molar-refractivity contribution >= 4 is 12.4 Å². The average molecular weight is 167 g/mol. The van der Waals surface area contributed by atoms with Crippen LogP contribution in [0.3, 0.4) is 0 Å². The van der Waals surface area contributed by atoms with E-state index in [-0.39, 0.29) is 18.6 Å². The maximum absolute atomic E-state index is 9.07. The standard InChI is InChI=1S/C6H14N2O.ClH/c1-6(9)8-4-3-7(2)5-8;/h6,9H,3-5H2,1-2H3;1H. The van der Waals surface area contributed by atoms with E-state index >= 15 is 0 Å². The smallest absolute Gasteiger partial charge is 0.105 e. The number of rotatable bonds is 1. The molecule has 1 N–H and O–H groups in total. The second kappa shape index (κ2) is 4.13. The van der Waals surface area contributed by atoms with E-state index in [2.05, 4.69) is 11.9 Å². The summed E-state index contributed by atoms with van der Waals surface area (Å²) >= 11 is 0. The third-order valence-corrected chi connectivity index (χ3v) is 1.72. The monoisotopic (exact) mass is 166 g/mol. The minimum absolute atomic E-state index is 0. The molecule has 0 amide bonds. The Morgan fingerprint density at radius 1 is 1.40 bits per heavy atom. The minimum atomic E-state index is -0.282. The van der Waals surface area contributed by atoms with Crippen molar-refractivity contribution in [1.82, 2.24) is 9.80 Å². The van der Waals surface area contributed by atoms with Crippen LogP contribution in [0.25, 0.3) is 0 Å². The van der Waals surface area contributed by atoms with Gasteiger partial charge < -0.3 is 5.11 Å². The molecule has 3 nitrogen and oxygen atoms in total. The summed E-state index contributed by atoms with van der Waals surface area (Å²) < 4.78 is 0. The third-order valence-electron chi connectivity index (χ3n) is 1.72. The van der Waals surface area contributed by atoms with Crippen molar-refractivity contribution in [3.8, 4) is 0 Å². The van der Waals surface area contributed by atoms with E-state index in [0.29, 0.717) is 0 Å². The molecule has 1 fully saturated rings. The molecule has 10 heavy (non-hydrogen) atoms. The van der Waals surface area contributed by atoms with Crippen LogP contribution in [0, 0.1) is 0 Å². The second-order valence-corrected chi connectivity index (χ2v) is 2.67. The van der Waals surface area contributed by atoms with E-state index in [0.717, 1.165) is 19.8 Å². The maximum Gasteiger partial charge on any atom is 0.105 e. The molecule has 1 saturated heterocycles. The zero-order valence-corrected chi connectivity index (χ0v) is 7.27. The van der Waals surface area contributed by atoms with Crippen LogP contribution in [0.15, 0.2) is 0 Å². The molecule has 0 radical (unpaired) electrons. The Labute approximate surface area is 68.0 Å². The fourth-order valence-corrected chi connectivity index (χ4v) is 1.06. The Morgan fingerprint density at radius 3 is 2.20 bits per heavy atom. The summed E-state index contributed by atoms with van der Waals surface area (Å²) in [6.45, 7) is 4.77. The number of nitrogens with zero attached hydrogens (tertiary/aromatic N) is 2. The van der Waals surface area contributed by atoms with Gasteiger partial charge >= 0.3 is 0 Å². The Kier molecular flexibility index (Phi) is 4.20. The van der Waals surface area contributed by atoms with Crippen LogP contribution in [0.2, 0.25) is 0 Å². The molecule has 62 valence electrons. The first-order valence-corrected chi connectivity index (χ1v) is 3.31. The number of hydrogen-bond donors (Lipinski definition) is 1. The molecule has 1 aliphatic rings. The van der Waals surface area contributed by atoms with E-state index in [4.69, 9.17) is 5.11 Å². The summed E-state index contributed by atoms with van der Waals surface area (Å²) in [6, 6.07) is 0. The molecule has 1 atom stereocenters. The van der Waals surface area contributed by atoms with Crippen LogP contribution in [0.5, 0.6) is 0 Å². The molecule has 0 spiro atoms. The van der Waals surface area contributed by atoms with Crippen molar-refractivity contribution in [2.24, 2.45) is 0 Å². The predicted octanol–water partition coefficient (Wildman–Crippen LogP) is -0.0486. The molecule has 0 aliphatic carbocycles.